The van der Waals surface area contributed by atoms with Crippen LogP contribution in [0.2, 0.25) is 0 Å². The van der Waals surface area contributed by atoms with Gasteiger partial charge in [-0.05, 0) is 64.6 Å². The minimum absolute atomic E-state index is 0.0137. The monoisotopic (exact) mass is 809 g/mol. The van der Waals surface area contributed by atoms with Crippen molar-refractivity contribution < 1.29 is 43.5 Å². The van der Waals surface area contributed by atoms with Crippen LogP contribution < -0.4 is 25.6 Å². The van der Waals surface area contributed by atoms with Gasteiger partial charge in [-0.3, -0.25) is 10.2 Å². The molecule has 5 N–H and O–H groups in total. The number of phenols is 2. The summed E-state index contributed by atoms with van der Waals surface area (Å²) in [4.78, 5) is 41.2. The number of aromatic hydroxyl groups is 2. The highest BCUT2D eigenvalue weighted by Gasteiger charge is 2.37. The average molecular weight is 810 g/mol. The van der Waals surface area contributed by atoms with E-state index in [2.05, 4.69) is 16.2 Å². The van der Waals surface area contributed by atoms with Gasteiger partial charge < -0.3 is 34.5 Å². The van der Waals surface area contributed by atoms with Crippen molar-refractivity contribution >= 4 is 18.0 Å². The minimum atomic E-state index is -1.58. The Labute approximate surface area is 348 Å². The van der Waals surface area contributed by atoms with Gasteiger partial charge in [-0.1, -0.05) is 133 Å². The lowest BCUT2D eigenvalue weighted by Crippen LogP contribution is -2.62. The van der Waals surface area contributed by atoms with Gasteiger partial charge in [-0.25, -0.2) is 15.0 Å². The van der Waals surface area contributed by atoms with Crippen LogP contribution in [0.3, 0.4) is 0 Å². The zero-order valence-electron chi connectivity index (χ0n) is 33.1. The molecule has 0 aliphatic heterocycles. The van der Waals surface area contributed by atoms with Gasteiger partial charge in [-0.15, -0.1) is 0 Å². The quantitative estimate of drug-likeness (QED) is 0.0410. The predicted octanol–water partition coefficient (Wildman–Crippen LogP) is 7.46. The fourth-order valence-electron chi connectivity index (χ4n) is 6.15. The molecule has 0 spiro atoms. The topological polar surface area (TPSA) is 165 Å². The van der Waals surface area contributed by atoms with Crippen molar-refractivity contribution in [2.75, 3.05) is 0 Å². The largest absolute Gasteiger partial charge is 0.504 e. The van der Waals surface area contributed by atoms with Crippen LogP contribution in [0.1, 0.15) is 40.3 Å². The predicted molar refractivity (Wildman–Crippen MR) is 225 cm³/mol. The molecule has 2 atom stereocenters. The summed E-state index contributed by atoms with van der Waals surface area (Å²) >= 11 is 0. The molecule has 0 aliphatic rings. The number of carbonyl (C=O) groups is 3. The number of amides is 2. The van der Waals surface area contributed by atoms with Gasteiger partial charge in [-0.2, -0.15) is 0 Å². The summed E-state index contributed by atoms with van der Waals surface area (Å²) in [5.74, 6) is -1.17. The maximum absolute atomic E-state index is 14.1. The highest BCUT2D eigenvalue weighted by Crippen LogP contribution is 2.30. The Morgan fingerprint density at radius 1 is 0.550 bits per heavy atom. The Hall–Kier alpha value is -7.31. The molecule has 2 amide bonds. The standard InChI is InChI=1S/C48H47N3O9/c1-48(46(55)59-32-36-18-10-4-11-19-36,29-39-23-25-42(53)44(28-39)58-31-35-16-8-3-9-17-35)51-50-45(54)40(49-47(56)60-33-37-20-12-5-13-21-37)26-38-22-24-41(52)43(27-38)57-30-34-14-6-2-7-15-34/h2-25,27-28,40,51-53H,26,29-33H2,1H3,(H,49,56)(H,50,54)/t40-,48-/m0/s1. The number of phenolic OH excluding ortho intramolecular Hbond substituents is 2. The molecule has 0 fully saturated rings. The summed E-state index contributed by atoms with van der Waals surface area (Å²) in [6.45, 7) is 1.90. The van der Waals surface area contributed by atoms with Gasteiger partial charge in [0.25, 0.3) is 5.91 Å². The number of hydrazine groups is 1. The normalized spacial score (nSPS) is 12.3. The fourth-order valence-corrected chi connectivity index (χ4v) is 6.15. The Kier molecular flexibility index (Phi) is 14.7. The molecule has 0 saturated carbocycles. The zero-order valence-corrected chi connectivity index (χ0v) is 33.1. The SMILES string of the molecule is C[C@@](Cc1ccc(O)c(OCc2ccccc2)c1)(NNC(=O)[C@H](Cc1ccc(O)c(OCc2ccccc2)c1)NC(=O)OCc1ccccc1)C(=O)OCc1ccccc1. The first-order chi connectivity index (χ1) is 29.1. The lowest BCUT2D eigenvalue weighted by molar-refractivity contribution is -0.153. The summed E-state index contributed by atoms with van der Waals surface area (Å²) in [6, 6.07) is 45.3. The Morgan fingerprint density at radius 2 is 0.983 bits per heavy atom. The number of hydrogen-bond donors (Lipinski definition) is 5. The maximum atomic E-state index is 14.1. The molecule has 0 radical (unpaired) electrons. The molecule has 0 aromatic heterocycles. The maximum Gasteiger partial charge on any atom is 0.408 e. The number of rotatable bonds is 19. The molecule has 308 valence electrons. The van der Waals surface area contributed by atoms with E-state index in [4.69, 9.17) is 18.9 Å². The van der Waals surface area contributed by atoms with Crippen molar-refractivity contribution in [1.29, 1.82) is 0 Å². The van der Waals surface area contributed by atoms with E-state index in [1.807, 2.05) is 109 Å². The van der Waals surface area contributed by atoms with Crippen LogP contribution in [0, 0.1) is 0 Å². The highest BCUT2D eigenvalue weighted by atomic mass is 16.5. The molecule has 6 aromatic rings. The van der Waals surface area contributed by atoms with E-state index in [-0.39, 0.29) is 62.3 Å². The van der Waals surface area contributed by atoms with Crippen LogP contribution >= 0.6 is 0 Å². The van der Waals surface area contributed by atoms with Crippen LogP contribution in [0.25, 0.3) is 0 Å². The molecule has 6 aromatic carbocycles. The van der Waals surface area contributed by atoms with Crippen LogP contribution in [0.15, 0.2) is 158 Å². The molecular formula is C48H47N3O9. The molecule has 6 rings (SSSR count). The van der Waals surface area contributed by atoms with Gasteiger partial charge in [0.15, 0.2) is 23.0 Å². The molecule has 0 aliphatic carbocycles. The first-order valence-corrected chi connectivity index (χ1v) is 19.4. The molecule has 0 saturated heterocycles. The fraction of sp³-hybridized carbons (Fsp3) is 0.188. The van der Waals surface area contributed by atoms with Gasteiger partial charge in [0, 0.05) is 12.8 Å². The van der Waals surface area contributed by atoms with E-state index in [0.29, 0.717) is 11.1 Å². The number of alkyl carbamates (subject to hydrolysis) is 1. The van der Waals surface area contributed by atoms with E-state index in [1.54, 1.807) is 43.3 Å². The average Bonchev–Trinajstić information content (AvgIpc) is 3.28. The summed E-state index contributed by atoms with van der Waals surface area (Å²) < 4.78 is 23.1. The molecule has 0 unspecified atom stereocenters. The van der Waals surface area contributed by atoms with Crippen molar-refractivity contribution in [3.63, 3.8) is 0 Å². The van der Waals surface area contributed by atoms with Crippen LogP contribution in [-0.4, -0.2) is 39.8 Å². The summed E-state index contributed by atoms with van der Waals surface area (Å²) in [7, 11) is 0. The van der Waals surface area contributed by atoms with E-state index < -0.39 is 29.6 Å². The Balaban J connectivity index is 1.21. The smallest absolute Gasteiger partial charge is 0.408 e. The molecule has 60 heavy (non-hydrogen) atoms. The Bertz CT molecular complexity index is 2310. The van der Waals surface area contributed by atoms with Crippen molar-refractivity contribution in [1.82, 2.24) is 16.2 Å². The first kappa shape index (κ1) is 42.3. The molecule has 0 bridgehead atoms. The van der Waals surface area contributed by atoms with Gasteiger partial charge in [0.1, 0.15) is 38.0 Å². The van der Waals surface area contributed by atoms with E-state index in [0.717, 1.165) is 22.3 Å². The Morgan fingerprint density at radius 3 is 1.48 bits per heavy atom. The number of ether oxygens (including phenoxy) is 4. The lowest BCUT2D eigenvalue weighted by atomic mass is 9.93. The first-order valence-electron chi connectivity index (χ1n) is 19.4. The summed E-state index contributed by atoms with van der Waals surface area (Å²) in [5, 5.41) is 23.9. The van der Waals surface area contributed by atoms with E-state index in [9.17, 15) is 24.6 Å². The number of nitrogens with one attached hydrogen (secondary N) is 3. The second-order valence-electron chi connectivity index (χ2n) is 14.3. The minimum Gasteiger partial charge on any atom is -0.504 e. The zero-order chi connectivity index (χ0) is 42.2. The third kappa shape index (κ3) is 12.6. The second-order valence-corrected chi connectivity index (χ2v) is 14.3. The third-order valence-corrected chi connectivity index (χ3v) is 9.47. The number of hydrogen-bond acceptors (Lipinski definition) is 10. The van der Waals surface area contributed by atoms with E-state index in [1.165, 1.54) is 12.1 Å². The van der Waals surface area contributed by atoms with Gasteiger partial charge >= 0.3 is 12.1 Å². The van der Waals surface area contributed by atoms with E-state index >= 15 is 0 Å². The molecular weight excluding hydrogens is 763 g/mol. The third-order valence-electron chi connectivity index (χ3n) is 9.47. The molecule has 0 heterocycles. The molecule has 12 nitrogen and oxygen atoms in total. The number of esters is 1. The number of benzene rings is 6. The van der Waals surface area contributed by atoms with Crippen LogP contribution in [0.4, 0.5) is 4.79 Å². The van der Waals surface area contributed by atoms with Crippen molar-refractivity contribution in [3.05, 3.63) is 191 Å². The van der Waals surface area contributed by atoms with Crippen LogP contribution in [-0.2, 0) is 58.3 Å². The summed E-state index contributed by atoms with van der Waals surface area (Å²) in [5.41, 5.74) is 8.41. The van der Waals surface area contributed by atoms with Crippen LogP contribution in [0.5, 0.6) is 23.0 Å². The highest BCUT2D eigenvalue weighted by molar-refractivity contribution is 5.87. The van der Waals surface area contributed by atoms with Crippen molar-refractivity contribution in [2.45, 2.75) is 57.8 Å². The van der Waals surface area contributed by atoms with Crippen molar-refractivity contribution in [3.8, 4) is 23.0 Å². The summed E-state index contributed by atoms with van der Waals surface area (Å²) in [6.07, 6.45) is -0.916. The van der Waals surface area contributed by atoms with Gasteiger partial charge in [0.2, 0.25) is 0 Å². The van der Waals surface area contributed by atoms with Crippen molar-refractivity contribution in [2.24, 2.45) is 0 Å². The van der Waals surface area contributed by atoms with Gasteiger partial charge in [0.05, 0.1) is 0 Å². The number of carbonyl (C=O) groups excluding carboxylic acids is 3. The molecule has 12 heteroatoms. The lowest BCUT2D eigenvalue weighted by Gasteiger charge is -2.30. The second kappa shape index (κ2) is 20.9.